The zero-order chi connectivity index (χ0) is 16.9. The average molecular weight is 342 g/mol. The van der Waals surface area contributed by atoms with E-state index in [1.807, 2.05) is 6.92 Å². The molecule has 1 heterocycles. The number of esters is 1. The fraction of sp³-hybridized carbons (Fsp3) is 0.533. The summed E-state index contributed by atoms with van der Waals surface area (Å²) in [6.07, 6.45) is 0. The van der Waals surface area contributed by atoms with Gasteiger partial charge in [0.1, 0.15) is 0 Å². The highest BCUT2D eigenvalue weighted by atomic mass is 32.2. The Morgan fingerprint density at radius 3 is 2.74 bits per heavy atom. The van der Waals surface area contributed by atoms with E-state index in [9.17, 15) is 13.2 Å². The van der Waals surface area contributed by atoms with Crippen molar-refractivity contribution < 1.29 is 22.7 Å². The highest BCUT2D eigenvalue weighted by Crippen LogP contribution is 2.13. The van der Waals surface area contributed by atoms with Crippen LogP contribution in [0.1, 0.15) is 17.3 Å². The van der Waals surface area contributed by atoms with Crippen molar-refractivity contribution in [3.8, 4) is 0 Å². The largest absolute Gasteiger partial charge is 0.465 e. The van der Waals surface area contributed by atoms with E-state index in [4.69, 9.17) is 4.74 Å². The number of morpholine rings is 1. The Hall–Kier alpha value is -1.48. The average Bonchev–Trinajstić information content (AvgIpc) is 2.60. The van der Waals surface area contributed by atoms with Crippen molar-refractivity contribution in [2.45, 2.75) is 17.9 Å². The van der Waals surface area contributed by atoms with E-state index in [1.165, 1.54) is 31.4 Å². The van der Waals surface area contributed by atoms with Gasteiger partial charge in [-0.05, 0) is 25.1 Å². The van der Waals surface area contributed by atoms with Crippen LogP contribution in [0.5, 0.6) is 0 Å². The van der Waals surface area contributed by atoms with Gasteiger partial charge in [-0.25, -0.2) is 17.9 Å². The van der Waals surface area contributed by atoms with Gasteiger partial charge in [0.05, 0.1) is 30.8 Å². The van der Waals surface area contributed by atoms with Crippen LogP contribution in [0.15, 0.2) is 29.2 Å². The number of methoxy groups -OCH3 is 1. The van der Waals surface area contributed by atoms with Crippen LogP contribution in [0.25, 0.3) is 0 Å². The first-order valence-corrected chi connectivity index (χ1v) is 8.92. The molecule has 0 spiro atoms. The zero-order valence-corrected chi connectivity index (χ0v) is 14.1. The predicted octanol–water partition coefficient (Wildman–Crippen LogP) is 0.472. The van der Waals surface area contributed by atoms with E-state index in [1.54, 1.807) is 0 Å². The normalized spacial score (nSPS) is 17.7. The molecule has 1 saturated heterocycles. The summed E-state index contributed by atoms with van der Waals surface area (Å²) in [4.78, 5) is 13.7. The summed E-state index contributed by atoms with van der Waals surface area (Å²) in [5.74, 6) is -0.566. The van der Waals surface area contributed by atoms with Gasteiger partial charge in [0, 0.05) is 25.7 Å². The summed E-state index contributed by atoms with van der Waals surface area (Å²) in [7, 11) is -2.42. The predicted molar refractivity (Wildman–Crippen MR) is 84.8 cm³/mol. The quantitative estimate of drug-likeness (QED) is 0.757. The SMILES string of the molecule is COC(=O)c1cccc(S(=O)(=O)NCC(C)N2CCOCC2)c1. The van der Waals surface area contributed by atoms with E-state index < -0.39 is 16.0 Å². The molecule has 2 rings (SSSR count). The van der Waals surface area contributed by atoms with E-state index in [0.717, 1.165) is 13.1 Å². The number of sulfonamides is 1. The summed E-state index contributed by atoms with van der Waals surface area (Å²) in [6, 6.07) is 5.87. The van der Waals surface area contributed by atoms with Crippen molar-refractivity contribution in [1.82, 2.24) is 9.62 Å². The molecular weight excluding hydrogens is 320 g/mol. The summed E-state index contributed by atoms with van der Waals surface area (Å²) in [5, 5.41) is 0. The number of nitrogens with one attached hydrogen (secondary N) is 1. The Bertz CT molecular complexity index is 641. The van der Waals surface area contributed by atoms with Gasteiger partial charge in [0.15, 0.2) is 0 Å². The van der Waals surface area contributed by atoms with Gasteiger partial charge < -0.3 is 9.47 Å². The molecule has 1 fully saturated rings. The van der Waals surface area contributed by atoms with E-state index in [0.29, 0.717) is 19.8 Å². The monoisotopic (exact) mass is 342 g/mol. The van der Waals surface area contributed by atoms with Crippen LogP contribution in [0.4, 0.5) is 0 Å². The van der Waals surface area contributed by atoms with Crippen LogP contribution in [0, 0.1) is 0 Å². The van der Waals surface area contributed by atoms with Crippen molar-refractivity contribution in [3.05, 3.63) is 29.8 Å². The highest BCUT2D eigenvalue weighted by Gasteiger charge is 2.21. The second kappa shape index (κ2) is 7.87. The lowest BCUT2D eigenvalue weighted by molar-refractivity contribution is 0.0213. The standard InChI is InChI=1S/C15H22N2O5S/c1-12(17-6-8-22-9-7-17)11-16-23(19,20)14-5-3-4-13(10-14)15(18)21-2/h3-5,10,12,16H,6-9,11H2,1-2H3. The van der Waals surface area contributed by atoms with Crippen molar-refractivity contribution in [2.24, 2.45) is 0 Å². The third kappa shape index (κ3) is 4.74. The number of hydrogen-bond donors (Lipinski definition) is 1. The maximum Gasteiger partial charge on any atom is 0.337 e. The van der Waals surface area contributed by atoms with E-state index in [2.05, 4.69) is 14.4 Å². The molecule has 1 aliphatic heterocycles. The number of ether oxygens (including phenoxy) is 2. The van der Waals surface area contributed by atoms with Crippen LogP contribution in [-0.4, -0.2) is 65.3 Å². The summed E-state index contributed by atoms with van der Waals surface area (Å²) >= 11 is 0. The molecule has 128 valence electrons. The Morgan fingerprint density at radius 2 is 2.09 bits per heavy atom. The summed E-state index contributed by atoms with van der Waals surface area (Å²) < 4.78 is 37.2. The highest BCUT2D eigenvalue weighted by molar-refractivity contribution is 7.89. The molecule has 0 aromatic heterocycles. The Morgan fingerprint density at radius 1 is 1.39 bits per heavy atom. The molecule has 0 radical (unpaired) electrons. The molecule has 8 heteroatoms. The van der Waals surface area contributed by atoms with Crippen LogP contribution < -0.4 is 4.72 Å². The lowest BCUT2D eigenvalue weighted by Gasteiger charge is -2.32. The molecule has 0 aliphatic carbocycles. The molecule has 1 aromatic rings. The fourth-order valence-electron chi connectivity index (χ4n) is 2.37. The van der Waals surface area contributed by atoms with Gasteiger partial charge in [-0.15, -0.1) is 0 Å². The van der Waals surface area contributed by atoms with E-state index >= 15 is 0 Å². The minimum absolute atomic E-state index is 0.0505. The van der Waals surface area contributed by atoms with Gasteiger partial charge in [-0.2, -0.15) is 0 Å². The summed E-state index contributed by atoms with van der Waals surface area (Å²) in [5.41, 5.74) is 0.205. The molecule has 23 heavy (non-hydrogen) atoms. The van der Waals surface area contributed by atoms with Crippen LogP contribution in [0.3, 0.4) is 0 Å². The van der Waals surface area contributed by atoms with Gasteiger partial charge in [0.25, 0.3) is 0 Å². The fourth-order valence-corrected chi connectivity index (χ4v) is 3.54. The Kier molecular flexibility index (Phi) is 6.11. The van der Waals surface area contributed by atoms with Crippen molar-refractivity contribution in [2.75, 3.05) is 40.0 Å². The smallest absolute Gasteiger partial charge is 0.337 e. The van der Waals surface area contributed by atoms with E-state index in [-0.39, 0.29) is 16.5 Å². The summed E-state index contributed by atoms with van der Waals surface area (Å²) in [6.45, 7) is 5.18. The van der Waals surface area contributed by atoms with Crippen LogP contribution >= 0.6 is 0 Å². The zero-order valence-electron chi connectivity index (χ0n) is 13.3. The lowest BCUT2D eigenvalue weighted by Crippen LogP contribution is -2.47. The second-order valence-electron chi connectivity index (χ2n) is 5.37. The van der Waals surface area contributed by atoms with Gasteiger partial charge in [-0.1, -0.05) is 6.07 Å². The number of carbonyl (C=O) groups is 1. The third-order valence-corrected chi connectivity index (χ3v) is 5.22. The number of rotatable bonds is 6. The van der Waals surface area contributed by atoms with Gasteiger partial charge in [0.2, 0.25) is 10.0 Å². The maximum absolute atomic E-state index is 12.4. The number of carbonyl (C=O) groups excluding carboxylic acids is 1. The first-order chi connectivity index (χ1) is 10.9. The van der Waals surface area contributed by atoms with Crippen molar-refractivity contribution in [1.29, 1.82) is 0 Å². The minimum atomic E-state index is -3.67. The first-order valence-electron chi connectivity index (χ1n) is 7.44. The molecule has 0 bridgehead atoms. The third-order valence-electron chi connectivity index (χ3n) is 3.80. The molecular formula is C15H22N2O5S. The van der Waals surface area contributed by atoms with Gasteiger partial charge in [-0.3, -0.25) is 4.90 Å². The molecule has 0 saturated carbocycles. The number of benzene rings is 1. The molecule has 1 N–H and O–H groups in total. The molecule has 1 aromatic carbocycles. The molecule has 0 amide bonds. The molecule has 1 aliphatic rings. The van der Waals surface area contributed by atoms with Crippen molar-refractivity contribution in [3.63, 3.8) is 0 Å². The molecule has 7 nitrogen and oxygen atoms in total. The Balaban J connectivity index is 2.02. The topological polar surface area (TPSA) is 84.9 Å². The maximum atomic E-state index is 12.4. The van der Waals surface area contributed by atoms with Crippen LogP contribution in [0.2, 0.25) is 0 Å². The number of hydrogen-bond acceptors (Lipinski definition) is 6. The molecule has 1 atom stereocenters. The van der Waals surface area contributed by atoms with Crippen molar-refractivity contribution >= 4 is 16.0 Å². The lowest BCUT2D eigenvalue weighted by atomic mass is 10.2. The second-order valence-corrected chi connectivity index (χ2v) is 7.14. The Labute approximate surface area is 136 Å². The first kappa shape index (κ1) is 17.9. The number of nitrogens with zero attached hydrogens (tertiary/aromatic N) is 1. The minimum Gasteiger partial charge on any atom is -0.465 e. The van der Waals surface area contributed by atoms with Gasteiger partial charge >= 0.3 is 5.97 Å². The van der Waals surface area contributed by atoms with Crippen LogP contribution in [-0.2, 0) is 19.5 Å². The molecule has 1 unspecified atom stereocenters.